The summed E-state index contributed by atoms with van der Waals surface area (Å²) in [4.78, 5) is 37.6. The third-order valence-electron chi connectivity index (χ3n) is 10.7. The number of carbonyl (C=O) groups excluding carboxylic acids is 3. The van der Waals surface area contributed by atoms with Gasteiger partial charge in [-0.1, -0.05) is 212 Å². The van der Waals surface area contributed by atoms with E-state index in [0.29, 0.717) is 19.3 Å². The second-order valence-corrected chi connectivity index (χ2v) is 16.4. The Morgan fingerprint density at radius 1 is 0.357 bits per heavy atom. The first-order chi connectivity index (χ1) is 27.5. The summed E-state index contributed by atoms with van der Waals surface area (Å²) in [6.07, 6.45) is 50.4. The van der Waals surface area contributed by atoms with Gasteiger partial charge in [0, 0.05) is 19.3 Å². The molecule has 0 rings (SSSR count). The van der Waals surface area contributed by atoms with Gasteiger partial charge in [0.1, 0.15) is 13.2 Å². The molecular formula is C50H92O6. The van der Waals surface area contributed by atoms with Crippen molar-refractivity contribution in [3.8, 4) is 0 Å². The van der Waals surface area contributed by atoms with Crippen molar-refractivity contribution in [3.05, 3.63) is 24.3 Å². The van der Waals surface area contributed by atoms with Gasteiger partial charge in [-0.25, -0.2) is 0 Å². The van der Waals surface area contributed by atoms with Crippen LogP contribution in [0.2, 0.25) is 0 Å². The van der Waals surface area contributed by atoms with Crippen LogP contribution < -0.4 is 0 Å². The van der Waals surface area contributed by atoms with Crippen LogP contribution in [-0.4, -0.2) is 37.2 Å². The Hall–Kier alpha value is -2.11. The van der Waals surface area contributed by atoms with E-state index >= 15 is 0 Å². The number of unbranched alkanes of at least 4 members (excludes halogenated alkanes) is 29. The van der Waals surface area contributed by atoms with Crippen LogP contribution in [0.5, 0.6) is 0 Å². The molecule has 0 saturated heterocycles. The molecule has 1 atom stereocenters. The molecule has 6 nitrogen and oxygen atoms in total. The smallest absolute Gasteiger partial charge is 0.306 e. The van der Waals surface area contributed by atoms with Gasteiger partial charge in [0.2, 0.25) is 0 Å². The van der Waals surface area contributed by atoms with E-state index in [1.807, 2.05) is 0 Å². The Kier molecular flexibility index (Phi) is 43.9. The minimum absolute atomic E-state index is 0.0694. The lowest BCUT2D eigenvalue weighted by Gasteiger charge is -2.18. The molecule has 0 aromatic heterocycles. The van der Waals surface area contributed by atoms with Crippen LogP contribution in [0.1, 0.15) is 258 Å². The molecular weight excluding hydrogens is 697 g/mol. The molecule has 0 aromatic carbocycles. The zero-order chi connectivity index (χ0) is 40.8. The Morgan fingerprint density at radius 3 is 0.982 bits per heavy atom. The van der Waals surface area contributed by atoms with Gasteiger partial charge in [-0.2, -0.15) is 0 Å². The molecule has 0 heterocycles. The topological polar surface area (TPSA) is 78.9 Å². The van der Waals surface area contributed by atoms with Crippen LogP contribution in [0.4, 0.5) is 0 Å². The average molecular weight is 789 g/mol. The predicted molar refractivity (Wildman–Crippen MR) is 238 cm³/mol. The SMILES string of the molecule is CCCCCCC/C=C\C/C=C\CCCCCCCCCCCC(=O)OCC(COC(=O)CCCCCCCCC)OC(=O)CCCCCCCCCCCC. The summed E-state index contributed by atoms with van der Waals surface area (Å²) in [5.41, 5.74) is 0. The van der Waals surface area contributed by atoms with E-state index in [1.54, 1.807) is 0 Å². The molecule has 0 aliphatic rings. The fourth-order valence-electron chi connectivity index (χ4n) is 7.00. The quantitative estimate of drug-likeness (QED) is 0.0265. The van der Waals surface area contributed by atoms with Gasteiger partial charge >= 0.3 is 17.9 Å². The van der Waals surface area contributed by atoms with E-state index in [9.17, 15) is 14.4 Å². The summed E-state index contributed by atoms with van der Waals surface area (Å²) >= 11 is 0. The summed E-state index contributed by atoms with van der Waals surface area (Å²) < 4.78 is 16.7. The van der Waals surface area contributed by atoms with Crippen LogP contribution in [0.15, 0.2) is 24.3 Å². The van der Waals surface area contributed by atoms with Crippen LogP contribution in [0.3, 0.4) is 0 Å². The molecule has 0 spiro atoms. The molecule has 0 bridgehead atoms. The van der Waals surface area contributed by atoms with Gasteiger partial charge in [-0.05, 0) is 51.4 Å². The first-order valence-electron chi connectivity index (χ1n) is 24.3. The Bertz CT molecular complexity index is 911. The summed E-state index contributed by atoms with van der Waals surface area (Å²) in [7, 11) is 0. The second-order valence-electron chi connectivity index (χ2n) is 16.4. The Balaban J connectivity index is 4.16. The average Bonchev–Trinajstić information content (AvgIpc) is 3.19. The predicted octanol–water partition coefficient (Wildman–Crippen LogP) is 15.6. The lowest BCUT2D eigenvalue weighted by atomic mass is 10.1. The Morgan fingerprint density at radius 2 is 0.643 bits per heavy atom. The maximum absolute atomic E-state index is 12.7. The number of hydrogen-bond donors (Lipinski definition) is 0. The molecule has 0 aliphatic carbocycles. The maximum atomic E-state index is 12.7. The van der Waals surface area contributed by atoms with Crippen molar-refractivity contribution in [2.75, 3.05) is 13.2 Å². The van der Waals surface area contributed by atoms with Crippen molar-refractivity contribution >= 4 is 17.9 Å². The van der Waals surface area contributed by atoms with Crippen molar-refractivity contribution < 1.29 is 28.6 Å². The summed E-state index contributed by atoms with van der Waals surface area (Å²) in [5, 5.41) is 0. The maximum Gasteiger partial charge on any atom is 0.306 e. The highest BCUT2D eigenvalue weighted by molar-refractivity contribution is 5.71. The number of ether oxygens (including phenoxy) is 3. The molecule has 0 radical (unpaired) electrons. The largest absolute Gasteiger partial charge is 0.462 e. The number of carbonyl (C=O) groups is 3. The van der Waals surface area contributed by atoms with Crippen molar-refractivity contribution in [1.82, 2.24) is 0 Å². The van der Waals surface area contributed by atoms with Crippen molar-refractivity contribution in [2.45, 2.75) is 264 Å². The zero-order valence-corrected chi connectivity index (χ0v) is 37.4. The van der Waals surface area contributed by atoms with Crippen LogP contribution in [-0.2, 0) is 28.6 Å². The van der Waals surface area contributed by atoms with Gasteiger partial charge in [-0.15, -0.1) is 0 Å². The van der Waals surface area contributed by atoms with E-state index in [0.717, 1.165) is 64.2 Å². The second kappa shape index (κ2) is 45.6. The zero-order valence-electron chi connectivity index (χ0n) is 37.4. The van der Waals surface area contributed by atoms with Gasteiger partial charge in [-0.3, -0.25) is 14.4 Å². The molecule has 0 aliphatic heterocycles. The van der Waals surface area contributed by atoms with Crippen molar-refractivity contribution in [2.24, 2.45) is 0 Å². The standard InChI is InChI=1S/C50H92O6/c1-4-7-10-13-16-18-20-21-22-23-24-25-26-27-28-29-30-32-34-37-40-43-49(52)55-46-47(45-54-48(51)42-39-36-33-15-12-9-6-3)56-50(53)44-41-38-35-31-19-17-14-11-8-5-2/h20-21,23-24,47H,4-19,22,25-46H2,1-3H3/b21-20-,24-23-. The summed E-state index contributed by atoms with van der Waals surface area (Å²) in [6, 6.07) is 0. The highest BCUT2D eigenvalue weighted by Gasteiger charge is 2.19. The lowest BCUT2D eigenvalue weighted by molar-refractivity contribution is -0.167. The molecule has 0 amide bonds. The van der Waals surface area contributed by atoms with Crippen LogP contribution in [0, 0.1) is 0 Å². The van der Waals surface area contributed by atoms with Gasteiger partial charge < -0.3 is 14.2 Å². The first-order valence-corrected chi connectivity index (χ1v) is 24.3. The minimum atomic E-state index is -0.763. The third kappa shape index (κ3) is 43.0. The normalized spacial score (nSPS) is 12.1. The molecule has 0 N–H and O–H groups in total. The molecule has 56 heavy (non-hydrogen) atoms. The van der Waals surface area contributed by atoms with Crippen LogP contribution >= 0.6 is 0 Å². The highest BCUT2D eigenvalue weighted by Crippen LogP contribution is 2.15. The van der Waals surface area contributed by atoms with Gasteiger partial charge in [0.05, 0.1) is 0 Å². The molecule has 6 heteroatoms. The van der Waals surface area contributed by atoms with Crippen LogP contribution in [0.25, 0.3) is 0 Å². The molecule has 1 unspecified atom stereocenters. The minimum Gasteiger partial charge on any atom is -0.462 e. The highest BCUT2D eigenvalue weighted by atomic mass is 16.6. The van der Waals surface area contributed by atoms with E-state index < -0.39 is 6.10 Å². The molecule has 0 aromatic rings. The van der Waals surface area contributed by atoms with Gasteiger partial charge in [0.15, 0.2) is 6.10 Å². The number of hydrogen-bond acceptors (Lipinski definition) is 6. The van der Waals surface area contributed by atoms with E-state index in [1.165, 1.54) is 154 Å². The van der Waals surface area contributed by atoms with E-state index in [-0.39, 0.29) is 31.1 Å². The van der Waals surface area contributed by atoms with Crippen molar-refractivity contribution in [3.63, 3.8) is 0 Å². The fourth-order valence-corrected chi connectivity index (χ4v) is 7.00. The lowest BCUT2D eigenvalue weighted by Crippen LogP contribution is -2.30. The summed E-state index contributed by atoms with van der Waals surface area (Å²) in [5.74, 6) is -0.874. The number of rotatable bonds is 44. The first kappa shape index (κ1) is 53.9. The van der Waals surface area contributed by atoms with E-state index in [2.05, 4.69) is 45.1 Å². The van der Waals surface area contributed by atoms with Crippen molar-refractivity contribution in [1.29, 1.82) is 0 Å². The molecule has 328 valence electrons. The fraction of sp³-hybridized carbons (Fsp3) is 0.860. The Labute approximate surface area is 347 Å². The molecule has 0 saturated carbocycles. The molecule has 0 fully saturated rings. The van der Waals surface area contributed by atoms with E-state index in [4.69, 9.17) is 14.2 Å². The number of allylic oxidation sites excluding steroid dienone is 4. The number of esters is 3. The third-order valence-corrected chi connectivity index (χ3v) is 10.7. The monoisotopic (exact) mass is 789 g/mol. The summed E-state index contributed by atoms with van der Waals surface area (Å²) in [6.45, 7) is 6.58. The van der Waals surface area contributed by atoms with Gasteiger partial charge in [0.25, 0.3) is 0 Å².